The van der Waals surface area contributed by atoms with Gasteiger partial charge < -0.3 is 8.83 Å². The Kier molecular flexibility index (Phi) is 4.07. The number of rotatable bonds is 2. The number of Topliss-reactive ketones (excluding diaryl/α,β-unsaturated/α-hetero) is 2. The highest BCUT2D eigenvalue weighted by Gasteiger charge is 2.34. The largest absolute Gasteiger partial charge is 0.415 e. The molecule has 144 valence electrons. The SMILES string of the molecule is [C-]#[N+]c1ccc(-c2nc3oc(C=C4C(=O)c5cc(Cl)c(Cl)cc5C4=O)nc3o2)cc1. The van der Waals surface area contributed by atoms with Crippen molar-refractivity contribution in [2.24, 2.45) is 0 Å². The molecule has 0 N–H and O–H groups in total. The number of carbonyl (C=O) groups excluding carboxylic acids is 2. The van der Waals surface area contributed by atoms with Crippen LogP contribution in [0.3, 0.4) is 0 Å². The highest BCUT2D eigenvalue weighted by atomic mass is 35.5. The van der Waals surface area contributed by atoms with Gasteiger partial charge in [0, 0.05) is 22.8 Å². The second-order valence-electron chi connectivity index (χ2n) is 6.37. The molecule has 0 unspecified atom stereocenters. The molecule has 1 aliphatic carbocycles. The lowest BCUT2D eigenvalue weighted by molar-refractivity contribution is 0.0990. The zero-order chi connectivity index (χ0) is 21.0. The summed E-state index contributed by atoms with van der Waals surface area (Å²) in [7, 11) is 0. The number of hydrogen-bond donors (Lipinski definition) is 0. The van der Waals surface area contributed by atoms with Crippen LogP contribution in [0.2, 0.25) is 10.0 Å². The summed E-state index contributed by atoms with van der Waals surface area (Å²) < 4.78 is 11.1. The minimum Gasteiger partial charge on any atom is -0.415 e. The van der Waals surface area contributed by atoms with Gasteiger partial charge in [-0.25, -0.2) is 4.85 Å². The van der Waals surface area contributed by atoms with E-state index in [9.17, 15) is 9.59 Å². The van der Waals surface area contributed by atoms with Crippen LogP contribution in [-0.4, -0.2) is 21.5 Å². The summed E-state index contributed by atoms with van der Waals surface area (Å²) >= 11 is 11.9. The molecule has 0 spiro atoms. The number of hydrogen-bond acceptors (Lipinski definition) is 6. The summed E-state index contributed by atoms with van der Waals surface area (Å²) in [5.74, 6) is -0.696. The number of aromatic nitrogens is 2. The number of oxazole rings is 2. The third kappa shape index (κ3) is 2.82. The van der Waals surface area contributed by atoms with Crippen LogP contribution in [0.25, 0.3) is 33.8 Å². The van der Waals surface area contributed by atoms with E-state index in [0.29, 0.717) is 11.3 Å². The molecule has 2 heterocycles. The third-order valence-corrected chi connectivity index (χ3v) is 5.26. The molecule has 0 saturated carbocycles. The van der Waals surface area contributed by atoms with Gasteiger partial charge in [0.2, 0.25) is 11.8 Å². The molecule has 0 amide bonds. The van der Waals surface area contributed by atoms with E-state index in [1.54, 1.807) is 24.3 Å². The Morgan fingerprint density at radius 1 is 0.900 bits per heavy atom. The van der Waals surface area contributed by atoms with Gasteiger partial charge in [-0.05, 0) is 12.1 Å². The Balaban J connectivity index is 1.49. The van der Waals surface area contributed by atoms with Gasteiger partial charge in [0.05, 0.1) is 22.2 Å². The number of halogens is 2. The zero-order valence-electron chi connectivity index (χ0n) is 14.8. The molecule has 7 nitrogen and oxygen atoms in total. The summed E-state index contributed by atoms with van der Waals surface area (Å²) in [4.78, 5) is 36.9. The minimum absolute atomic E-state index is 0.00727. The van der Waals surface area contributed by atoms with E-state index in [4.69, 9.17) is 38.6 Å². The molecular weight excluding hydrogens is 429 g/mol. The summed E-state index contributed by atoms with van der Waals surface area (Å²) in [6.45, 7) is 6.98. The smallest absolute Gasteiger partial charge is 0.288 e. The van der Waals surface area contributed by atoms with E-state index in [1.165, 1.54) is 18.2 Å². The normalized spacial score (nSPS) is 13.0. The van der Waals surface area contributed by atoms with E-state index < -0.39 is 11.6 Å². The lowest BCUT2D eigenvalue weighted by Gasteiger charge is -1.98. The Hall–Kier alpha value is -3.73. The lowest BCUT2D eigenvalue weighted by Crippen LogP contribution is -2.00. The molecule has 5 rings (SSSR count). The molecule has 0 saturated heterocycles. The number of carbonyl (C=O) groups is 2. The van der Waals surface area contributed by atoms with Crippen molar-refractivity contribution in [3.05, 3.63) is 80.5 Å². The van der Waals surface area contributed by atoms with Crippen molar-refractivity contribution in [2.75, 3.05) is 0 Å². The van der Waals surface area contributed by atoms with Crippen molar-refractivity contribution in [3.63, 3.8) is 0 Å². The first-order valence-corrected chi connectivity index (χ1v) is 9.25. The number of ketones is 2. The topological polar surface area (TPSA) is 90.6 Å². The fraction of sp³-hybridized carbons (Fsp3) is 0. The van der Waals surface area contributed by atoms with Gasteiger partial charge in [0.1, 0.15) is 0 Å². The highest BCUT2D eigenvalue weighted by Crippen LogP contribution is 2.34. The zero-order valence-corrected chi connectivity index (χ0v) is 16.3. The number of allylic oxidation sites excluding steroid dienone is 1. The maximum atomic E-state index is 12.6. The molecule has 1 aliphatic rings. The fourth-order valence-electron chi connectivity index (χ4n) is 3.09. The Bertz CT molecular complexity index is 1380. The molecule has 30 heavy (non-hydrogen) atoms. The van der Waals surface area contributed by atoms with Gasteiger partial charge in [-0.3, -0.25) is 9.59 Å². The Labute approximate surface area is 178 Å². The monoisotopic (exact) mass is 435 g/mol. The maximum Gasteiger partial charge on any atom is 0.288 e. The predicted octanol–water partition coefficient (Wildman–Crippen LogP) is 5.80. The first-order valence-electron chi connectivity index (χ1n) is 8.50. The summed E-state index contributed by atoms with van der Waals surface area (Å²) in [5, 5.41) is 0.375. The Morgan fingerprint density at radius 3 is 2.07 bits per heavy atom. The lowest BCUT2D eigenvalue weighted by atomic mass is 10.1. The molecule has 0 fully saturated rings. The number of fused-ring (bicyclic) bond motifs is 2. The van der Waals surface area contributed by atoms with Gasteiger partial charge in [0.15, 0.2) is 17.3 Å². The van der Waals surface area contributed by atoms with Crippen LogP contribution in [-0.2, 0) is 0 Å². The van der Waals surface area contributed by atoms with E-state index >= 15 is 0 Å². The van der Waals surface area contributed by atoms with Gasteiger partial charge in [-0.15, -0.1) is 0 Å². The second kappa shape index (κ2) is 6.66. The van der Waals surface area contributed by atoms with Crippen molar-refractivity contribution in [2.45, 2.75) is 0 Å². The van der Waals surface area contributed by atoms with Crippen LogP contribution in [0.1, 0.15) is 26.6 Å². The van der Waals surface area contributed by atoms with Crippen LogP contribution >= 0.6 is 23.2 Å². The van der Waals surface area contributed by atoms with Gasteiger partial charge in [-0.1, -0.05) is 47.5 Å². The molecule has 9 heteroatoms. The molecule has 2 aromatic carbocycles. The Morgan fingerprint density at radius 2 is 1.50 bits per heavy atom. The predicted molar refractivity (Wildman–Crippen MR) is 109 cm³/mol. The van der Waals surface area contributed by atoms with Crippen molar-refractivity contribution in [1.82, 2.24) is 9.97 Å². The van der Waals surface area contributed by atoms with Gasteiger partial charge in [0.25, 0.3) is 11.4 Å². The first-order chi connectivity index (χ1) is 14.4. The average Bonchev–Trinajstić information content (AvgIpc) is 3.37. The molecule has 2 aromatic heterocycles. The molecular formula is C21H7Cl2N3O4. The van der Waals surface area contributed by atoms with Gasteiger partial charge >= 0.3 is 0 Å². The van der Waals surface area contributed by atoms with Crippen molar-refractivity contribution >= 4 is 58.0 Å². The second-order valence-corrected chi connectivity index (χ2v) is 7.18. The standard InChI is InChI=1S/C21H7Cl2N3O4/c1-24-10-4-2-9(3-5-10)19-26-21-20(30-19)25-16(29-21)8-13-17(27)11-6-14(22)15(23)7-12(11)18(13)28/h2-8H. The highest BCUT2D eigenvalue weighted by molar-refractivity contribution is 6.46. The summed E-state index contributed by atoms with van der Waals surface area (Å²) in [5.41, 5.74) is 1.64. The van der Waals surface area contributed by atoms with Crippen LogP contribution in [0.4, 0.5) is 5.69 Å². The molecule has 0 atom stereocenters. The summed E-state index contributed by atoms with van der Waals surface area (Å²) in [6, 6.07) is 9.43. The number of nitrogens with zero attached hydrogens (tertiary/aromatic N) is 3. The molecule has 0 aliphatic heterocycles. The van der Waals surface area contributed by atoms with Crippen LogP contribution < -0.4 is 0 Å². The molecule has 0 radical (unpaired) electrons. The van der Waals surface area contributed by atoms with E-state index in [-0.39, 0.29) is 50.0 Å². The number of benzene rings is 2. The van der Waals surface area contributed by atoms with E-state index in [0.717, 1.165) is 0 Å². The van der Waals surface area contributed by atoms with Gasteiger partial charge in [-0.2, -0.15) is 9.97 Å². The minimum atomic E-state index is -0.489. The quantitative estimate of drug-likeness (QED) is 0.224. The maximum absolute atomic E-state index is 12.6. The van der Waals surface area contributed by atoms with Crippen LogP contribution in [0, 0.1) is 6.57 Å². The molecule has 4 aromatic rings. The van der Waals surface area contributed by atoms with Crippen LogP contribution in [0.15, 0.2) is 50.8 Å². The van der Waals surface area contributed by atoms with E-state index in [1.807, 2.05) is 0 Å². The fourth-order valence-corrected chi connectivity index (χ4v) is 3.42. The third-order valence-electron chi connectivity index (χ3n) is 4.54. The van der Waals surface area contributed by atoms with Crippen LogP contribution in [0.5, 0.6) is 0 Å². The van der Waals surface area contributed by atoms with E-state index in [2.05, 4.69) is 14.8 Å². The average molecular weight is 436 g/mol. The van der Waals surface area contributed by atoms with Crippen molar-refractivity contribution in [3.8, 4) is 11.5 Å². The summed E-state index contributed by atoms with van der Waals surface area (Å²) in [6.07, 6.45) is 1.24. The first kappa shape index (κ1) is 18.3. The molecule has 0 bridgehead atoms. The van der Waals surface area contributed by atoms with Crippen molar-refractivity contribution in [1.29, 1.82) is 0 Å². The van der Waals surface area contributed by atoms with Crippen molar-refractivity contribution < 1.29 is 18.4 Å².